The summed E-state index contributed by atoms with van der Waals surface area (Å²) < 4.78 is 13.4. The van der Waals surface area contributed by atoms with Gasteiger partial charge in [0.15, 0.2) is 11.5 Å². The van der Waals surface area contributed by atoms with E-state index < -0.39 is 11.7 Å². The third-order valence-corrected chi connectivity index (χ3v) is 2.79. The molecule has 0 atom stereocenters. The van der Waals surface area contributed by atoms with Crippen molar-refractivity contribution >= 4 is 23.2 Å². The van der Waals surface area contributed by atoms with Crippen LogP contribution >= 0.6 is 11.6 Å². The van der Waals surface area contributed by atoms with Gasteiger partial charge in [0.25, 0.3) is 5.91 Å². The molecule has 0 spiro atoms. The molecule has 2 aromatic heterocycles. The van der Waals surface area contributed by atoms with Gasteiger partial charge in [0.1, 0.15) is 5.82 Å². The summed E-state index contributed by atoms with van der Waals surface area (Å²) in [5.41, 5.74) is 0.0346. The fourth-order valence-electron chi connectivity index (χ4n) is 1.48. The topological polar surface area (TPSA) is 67.8 Å². The van der Waals surface area contributed by atoms with Crippen molar-refractivity contribution in [2.45, 2.75) is 19.8 Å². The Bertz CT molecular complexity index is 648. The van der Waals surface area contributed by atoms with Crippen LogP contribution in [0.25, 0.3) is 0 Å². The van der Waals surface area contributed by atoms with E-state index in [1.807, 2.05) is 13.8 Å². The van der Waals surface area contributed by atoms with Crippen LogP contribution in [0.4, 0.5) is 10.1 Å². The largest absolute Gasteiger partial charge is 0.318 e. The van der Waals surface area contributed by atoms with Gasteiger partial charge in [0.05, 0.1) is 23.1 Å². The van der Waals surface area contributed by atoms with E-state index in [2.05, 4.69) is 20.3 Å². The zero-order chi connectivity index (χ0) is 14.7. The number of carbonyl (C=O) groups is 1. The van der Waals surface area contributed by atoms with E-state index in [0.29, 0.717) is 5.82 Å². The molecule has 1 N–H and O–H groups in total. The highest BCUT2D eigenvalue weighted by molar-refractivity contribution is 6.33. The molecule has 0 aliphatic carbocycles. The Kier molecular flexibility index (Phi) is 4.24. The predicted molar refractivity (Wildman–Crippen MR) is 73.3 cm³/mol. The molecule has 20 heavy (non-hydrogen) atoms. The molecule has 0 aliphatic rings. The van der Waals surface area contributed by atoms with Crippen molar-refractivity contribution in [1.29, 1.82) is 0 Å². The Morgan fingerprint density at radius 1 is 1.40 bits per heavy atom. The van der Waals surface area contributed by atoms with Gasteiger partial charge in [-0.25, -0.2) is 14.4 Å². The Hall–Kier alpha value is -2.08. The average Bonchev–Trinajstić information content (AvgIpc) is 2.41. The molecule has 2 heterocycles. The number of amides is 1. The number of pyridine rings is 1. The van der Waals surface area contributed by atoms with Crippen molar-refractivity contribution in [1.82, 2.24) is 15.0 Å². The Morgan fingerprint density at radius 3 is 2.80 bits per heavy atom. The number of nitrogens with zero attached hydrogens (tertiary/aromatic N) is 3. The van der Waals surface area contributed by atoms with E-state index in [1.54, 1.807) is 0 Å². The van der Waals surface area contributed by atoms with Gasteiger partial charge in [-0.15, -0.1) is 0 Å². The predicted octanol–water partition coefficient (Wildman–Crippen LogP) is 3.04. The van der Waals surface area contributed by atoms with Gasteiger partial charge in [0.2, 0.25) is 0 Å². The van der Waals surface area contributed by atoms with Crippen molar-refractivity contribution in [3.63, 3.8) is 0 Å². The molecule has 0 radical (unpaired) electrons. The van der Waals surface area contributed by atoms with Crippen LogP contribution in [-0.4, -0.2) is 20.9 Å². The molecule has 1 amide bonds. The van der Waals surface area contributed by atoms with Gasteiger partial charge in [-0.2, -0.15) is 0 Å². The lowest BCUT2D eigenvalue weighted by atomic mass is 10.2. The Balaban J connectivity index is 2.30. The van der Waals surface area contributed by atoms with Gasteiger partial charge in [-0.05, 0) is 6.07 Å². The van der Waals surface area contributed by atoms with Gasteiger partial charge in [0, 0.05) is 12.1 Å². The minimum atomic E-state index is -0.630. The number of aromatic nitrogens is 3. The fourth-order valence-corrected chi connectivity index (χ4v) is 1.65. The Labute approximate surface area is 120 Å². The van der Waals surface area contributed by atoms with E-state index in [1.165, 1.54) is 18.5 Å². The molecule has 0 fully saturated rings. The number of hydrogen-bond donors (Lipinski definition) is 1. The highest BCUT2D eigenvalue weighted by Gasteiger charge is 2.16. The number of anilines is 1. The second-order valence-electron chi connectivity index (χ2n) is 4.39. The third kappa shape index (κ3) is 3.08. The van der Waals surface area contributed by atoms with Crippen LogP contribution in [0.2, 0.25) is 5.02 Å². The van der Waals surface area contributed by atoms with E-state index in [0.717, 1.165) is 6.20 Å². The van der Waals surface area contributed by atoms with Crippen molar-refractivity contribution in [2.75, 3.05) is 5.32 Å². The first-order valence-corrected chi connectivity index (χ1v) is 6.30. The molecule has 7 heteroatoms. The second-order valence-corrected chi connectivity index (χ2v) is 4.80. The highest BCUT2D eigenvalue weighted by Crippen LogP contribution is 2.18. The molecule has 0 aromatic carbocycles. The highest BCUT2D eigenvalue weighted by atomic mass is 35.5. The van der Waals surface area contributed by atoms with E-state index in [-0.39, 0.29) is 22.3 Å². The number of halogens is 2. The van der Waals surface area contributed by atoms with Gasteiger partial charge in [-0.1, -0.05) is 25.4 Å². The number of rotatable bonds is 3. The zero-order valence-corrected chi connectivity index (χ0v) is 11.6. The van der Waals surface area contributed by atoms with E-state index >= 15 is 0 Å². The molecule has 0 saturated heterocycles. The first kappa shape index (κ1) is 14.3. The van der Waals surface area contributed by atoms with Crippen LogP contribution in [-0.2, 0) is 0 Å². The molecule has 5 nitrogen and oxygen atoms in total. The smallest absolute Gasteiger partial charge is 0.276 e. The van der Waals surface area contributed by atoms with Gasteiger partial charge < -0.3 is 5.32 Å². The summed E-state index contributed by atoms with van der Waals surface area (Å²) in [5, 5.41) is 2.52. The van der Waals surface area contributed by atoms with E-state index in [9.17, 15) is 9.18 Å². The second kappa shape index (κ2) is 5.92. The number of carbonyl (C=O) groups excluding carboxylic acids is 1. The molecule has 2 aromatic rings. The lowest BCUT2D eigenvalue weighted by molar-refractivity contribution is 0.102. The molecular formula is C13H12ClFN4O. The average molecular weight is 295 g/mol. The number of nitrogens with one attached hydrogen (secondary N) is 1. The molecular weight excluding hydrogens is 283 g/mol. The summed E-state index contributed by atoms with van der Waals surface area (Å²) in [7, 11) is 0. The first-order chi connectivity index (χ1) is 9.49. The maximum atomic E-state index is 13.4. The standard InChI is InChI=1S/C13H12ClFN4O/c1-7(2)12-17-5-8(14)11(19-12)13(20)18-10-3-4-16-6-9(10)15/h3-7H,1-2H3,(H,16,18,20). The van der Waals surface area contributed by atoms with Crippen LogP contribution in [0.15, 0.2) is 24.7 Å². The van der Waals surface area contributed by atoms with Gasteiger partial charge in [-0.3, -0.25) is 9.78 Å². The fraction of sp³-hybridized carbons (Fsp3) is 0.231. The summed E-state index contributed by atoms with van der Waals surface area (Å²) in [5.74, 6) is -0.675. The minimum absolute atomic E-state index is 0.0154. The maximum Gasteiger partial charge on any atom is 0.276 e. The van der Waals surface area contributed by atoms with Crippen molar-refractivity contribution in [2.24, 2.45) is 0 Å². The van der Waals surface area contributed by atoms with Crippen LogP contribution in [0.3, 0.4) is 0 Å². The first-order valence-electron chi connectivity index (χ1n) is 5.92. The molecule has 104 valence electrons. The SMILES string of the molecule is CC(C)c1ncc(Cl)c(C(=O)Nc2ccncc2F)n1. The summed E-state index contributed by atoms with van der Waals surface area (Å²) >= 11 is 5.91. The summed E-state index contributed by atoms with van der Waals surface area (Å²) in [4.78, 5) is 23.8. The molecule has 0 bridgehead atoms. The third-order valence-electron chi connectivity index (χ3n) is 2.51. The Morgan fingerprint density at radius 2 is 2.15 bits per heavy atom. The van der Waals surface area contributed by atoms with Crippen LogP contribution in [0, 0.1) is 5.82 Å². The van der Waals surface area contributed by atoms with Gasteiger partial charge >= 0.3 is 0 Å². The van der Waals surface area contributed by atoms with Crippen LogP contribution in [0.5, 0.6) is 0 Å². The molecule has 0 aliphatic heterocycles. The molecule has 0 unspecified atom stereocenters. The summed E-state index contributed by atoms with van der Waals surface area (Å²) in [6, 6.07) is 1.35. The normalized spacial score (nSPS) is 10.7. The van der Waals surface area contributed by atoms with Crippen molar-refractivity contribution in [3.8, 4) is 0 Å². The monoisotopic (exact) mass is 294 g/mol. The molecule has 0 saturated carbocycles. The van der Waals surface area contributed by atoms with Crippen LogP contribution < -0.4 is 5.32 Å². The molecule has 2 rings (SSSR count). The lowest BCUT2D eigenvalue weighted by Gasteiger charge is -2.09. The quantitative estimate of drug-likeness (QED) is 0.945. The zero-order valence-electron chi connectivity index (χ0n) is 10.9. The summed E-state index contributed by atoms with van der Waals surface area (Å²) in [6.07, 6.45) is 3.75. The minimum Gasteiger partial charge on any atom is -0.318 e. The van der Waals surface area contributed by atoms with E-state index in [4.69, 9.17) is 11.6 Å². The number of hydrogen-bond acceptors (Lipinski definition) is 4. The maximum absolute atomic E-state index is 13.4. The van der Waals surface area contributed by atoms with Crippen molar-refractivity contribution in [3.05, 3.63) is 47.0 Å². The van der Waals surface area contributed by atoms with Crippen molar-refractivity contribution < 1.29 is 9.18 Å². The summed E-state index contributed by atoms with van der Waals surface area (Å²) in [6.45, 7) is 3.79. The van der Waals surface area contributed by atoms with Crippen LogP contribution in [0.1, 0.15) is 36.1 Å². The lowest BCUT2D eigenvalue weighted by Crippen LogP contribution is -2.17.